The van der Waals surface area contributed by atoms with E-state index in [4.69, 9.17) is 0 Å². The lowest BCUT2D eigenvalue weighted by atomic mass is 10.3. The van der Waals surface area contributed by atoms with Gasteiger partial charge in [0.2, 0.25) is 0 Å². The lowest BCUT2D eigenvalue weighted by molar-refractivity contribution is 0.584. The number of rotatable bonds is 3. The highest BCUT2D eigenvalue weighted by atomic mass is 15.3. The van der Waals surface area contributed by atoms with Crippen molar-refractivity contribution in [2.45, 2.75) is 6.92 Å². The largest absolute Gasteiger partial charge is 0.357 e. The molecule has 0 saturated carbocycles. The predicted molar refractivity (Wildman–Crippen MR) is 66.1 cm³/mol. The van der Waals surface area contributed by atoms with Crippen LogP contribution in [-0.2, 0) is 0 Å². The first-order valence-corrected chi connectivity index (χ1v) is 5.80. The fourth-order valence-corrected chi connectivity index (χ4v) is 1.84. The molecule has 1 aromatic heterocycles. The molecule has 1 aliphatic rings. The monoisotopic (exact) mass is 221 g/mol. The second-order valence-corrected chi connectivity index (χ2v) is 3.95. The van der Waals surface area contributed by atoms with Gasteiger partial charge in [0.05, 0.1) is 0 Å². The molecule has 0 unspecified atom stereocenters. The molecule has 2 heterocycles. The highest BCUT2D eigenvalue weighted by Crippen LogP contribution is 2.22. The van der Waals surface area contributed by atoms with Gasteiger partial charge < -0.3 is 15.1 Å². The highest BCUT2D eigenvalue weighted by Gasteiger charge is 2.17. The van der Waals surface area contributed by atoms with E-state index in [0.717, 1.165) is 44.4 Å². The summed E-state index contributed by atoms with van der Waals surface area (Å²) in [5, 5.41) is 3.34. The molecule has 0 radical (unpaired) electrons. The summed E-state index contributed by atoms with van der Waals surface area (Å²) in [7, 11) is 2.05. The molecule has 5 heteroatoms. The molecular formula is C11H19N5. The van der Waals surface area contributed by atoms with Crippen molar-refractivity contribution in [1.82, 2.24) is 15.3 Å². The Labute approximate surface area is 96.5 Å². The fraction of sp³-hybridized carbons (Fsp3) is 0.636. The van der Waals surface area contributed by atoms with Gasteiger partial charge in [-0.2, -0.15) is 0 Å². The summed E-state index contributed by atoms with van der Waals surface area (Å²) in [6.45, 7) is 7.11. The van der Waals surface area contributed by atoms with E-state index in [1.165, 1.54) is 0 Å². The molecular weight excluding hydrogens is 202 g/mol. The molecule has 88 valence electrons. The first kappa shape index (κ1) is 11.1. The van der Waals surface area contributed by atoms with Crippen molar-refractivity contribution in [2.24, 2.45) is 0 Å². The number of nitrogens with zero attached hydrogens (tertiary/aromatic N) is 4. The van der Waals surface area contributed by atoms with Gasteiger partial charge in [0.1, 0.15) is 0 Å². The van der Waals surface area contributed by atoms with Crippen molar-refractivity contribution in [3.8, 4) is 0 Å². The number of piperazine rings is 1. The van der Waals surface area contributed by atoms with Crippen LogP contribution in [-0.4, -0.2) is 49.7 Å². The minimum absolute atomic E-state index is 0.942. The molecule has 1 fully saturated rings. The van der Waals surface area contributed by atoms with Crippen molar-refractivity contribution in [2.75, 3.05) is 49.6 Å². The van der Waals surface area contributed by atoms with Crippen LogP contribution in [0.3, 0.4) is 0 Å². The minimum atomic E-state index is 0.942. The Balaban J connectivity index is 2.24. The maximum atomic E-state index is 4.47. The van der Waals surface area contributed by atoms with E-state index in [1.54, 1.807) is 12.4 Å². The standard InChI is InChI=1S/C11H19N5/c1-3-15(2)10-11(14-5-4-13-10)16-8-6-12-7-9-16/h4-5,12H,3,6-9H2,1-2H3. The Bertz CT molecular complexity index is 335. The Kier molecular flexibility index (Phi) is 3.56. The Morgan fingerprint density at radius 2 is 2.00 bits per heavy atom. The zero-order valence-electron chi connectivity index (χ0n) is 9.98. The smallest absolute Gasteiger partial charge is 0.172 e. The Morgan fingerprint density at radius 1 is 1.31 bits per heavy atom. The van der Waals surface area contributed by atoms with Crippen molar-refractivity contribution < 1.29 is 0 Å². The van der Waals surface area contributed by atoms with Crippen molar-refractivity contribution >= 4 is 11.6 Å². The third-order valence-electron chi connectivity index (χ3n) is 2.91. The maximum absolute atomic E-state index is 4.47. The van der Waals surface area contributed by atoms with Crippen LogP contribution in [0.15, 0.2) is 12.4 Å². The van der Waals surface area contributed by atoms with Gasteiger partial charge in [-0.15, -0.1) is 0 Å². The first-order chi connectivity index (χ1) is 7.83. The van der Waals surface area contributed by atoms with E-state index in [-0.39, 0.29) is 0 Å². The zero-order chi connectivity index (χ0) is 11.4. The predicted octanol–water partition coefficient (Wildman–Crippen LogP) is 0.342. The molecule has 16 heavy (non-hydrogen) atoms. The summed E-state index contributed by atoms with van der Waals surface area (Å²) >= 11 is 0. The van der Waals surface area contributed by atoms with E-state index < -0.39 is 0 Å². The third-order valence-corrected chi connectivity index (χ3v) is 2.91. The number of aromatic nitrogens is 2. The minimum Gasteiger partial charge on any atom is -0.357 e. The molecule has 0 atom stereocenters. The summed E-state index contributed by atoms with van der Waals surface area (Å²) in [6.07, 6.45) is 3.53. The van der Waals surface area contributed by atoms with Crippen LogP contribution in [0.5, 0.6) is 0 Å². The van der Waals surface area contributed by atoms with E-state index in [0.29, 0.717) is 0 Å². The van der Waals surface area contributed by atoms with Gasteiger partial charge >= 0.3 is 0 Å². The van der Waals surface area contributed by atoms with E-state index in [2.05, 4.69) is 39.1 Å². The third kappa shape index (κ3) is 2.24. The first-order valence-electron chi connectivity index (χ1n) is 5.80. The van der Waals surface area contributed by atoms with Gasteiger partial charge in [-0.1, -0.05) is 0 Å². The van der Waals surface area contributed by atoms with Crippen LogP contribution in [0.4, 0.5) is 11.6 Å². The molecule has 0 amide bonds. The van der Waals surface area contributed by atoms with Crippen molar-refractivity contribution in [1.29, 1.82) is 0 Å². The topological polar surface area (TPSA) is 44.3 Å². The van der Waals surface area contributed by atoms with Crippen molar-refractivity contribution in [3.05, 3.63) is 12.4 Å². The van der Waals surface area contributed by atoms with Crippen LogP contribution in [0.2, 0.25) is 0 Å². The summed E-state index contributed by atoms with van der Waals surface area (Å²) in [4.78, 5) is 13.3. The van der Waals surface area contributed by atoms with Crippen LogP contribution < -0.4 is 15.1 Å². The van der Waals surface area contributed by atoms with E-state index >= 15 is 0 Å². The SMILES string of the molecule is CCN(C)c1nccnc1N1CCNCC1. The molecule has 1 aliphatic heterocycles. The summed E-state index contributed by atoms with van der Waals surface area (Å²) in [5.74, 6) is 1.99. The fourth-order valence-electron chi connectivity index (χ4n) is 1.84. The van der Waals surface area contributed by atoms with Crippen molar-refractivity contribution in [3.63, 3.8) is 0 Å². The van der Waals surface area contributed by atoms with Gasteiger partial charge in [-0.05, 0) is 6.92 Å². The quantitative estimate of drug-likeness (QED) is 0.797. The maximum Gasteiger partial charge on any atom is 0.172 e. The summed E-state index contributed by atoms with van der Waals surface area (Å²) < 4.78 is 0. The molecule has 0 bridgehead atoms. The summed E-state index contributed by atoms with van der Waals surface area (Å²) in [5.41, 5.74) is 0. The van der Waals surface area contributed by atoms with E-state index in [9.17, 15) is 0 Å². The molecule has 2 rings (SSSR count). The zero-order valence-corrected chi connectivity index (χ0v) is 9.98. The normalized spacial score (nSPS) is 16.2. The number of nitrogens with one attached hydrogen (secondary N) is 1. The Hall–Kier alpha value is -1.36. The molecule has 0 aromatic carbocycles. The summed E-state index contributed by atoms with van der Waals surface area (Å²) in [6, 6.07) is 0. The molecule has 1 N–H and O–H groups in total. The number of anilines is 2. The second-order valence-electron chi connectivity index (χ2n) is 3.95. The average Bonchev–Trinajstić information content (AvgIpc) is 2.39. The van der Waals surface area contributed by atoms with Gasteiger partial charge in [-0.3, -0.25) is 0 Å². The van der Waals surface area contributed by atoms with Gasteiger partial charge in [0.25, 0.3) is 0 Å². The lowest BCUT2D eigenvalue weighted by Gasteiger charge is -2.31. The van der Waals surface area contributed by atoms with Crippen LogP contribution in [0.25, 0.3) is 0 Å². The Morgan fingerprint density at radius 3 is 2.69 bits per heavy atom. The number of hydrogen-bond acceptors (Lipinski definition) is 5. The molecule has 0 aliphatic carbocycles. The van der Waals surface area contributed by atoms with Crippen LogP contribution in [0, 0.1) is 0 Å². The molecule has 1 saturated heterocycles. The van der Waals surface area contributed by atoms with Gasteiger partial charge in [0, 0.05) is 52.2 Å². The molecule has 0 spiro atoms. The molecule has 5 nitrogen and oxygen atoms in total. The average molecular weight is 221 g/mol. The van der Waals surface area contributed by atoms with Crippen LogP contribution in [0.1, 0.15) is 6.92 Å². The lowest BCUT2D eigenvalue weighted by Crippen LogP contribution is -2.44. The number of hydrogen-bond donors (Lipinski definition) is 1. The second kappa shape index (κ2) is 5.12. The van der Waals surface area contributed by atoms with Gasteiger partial charge in [-0.25, -0.2) is 9.97 Å². The molecule has 1 aromatic rings. The van der Waals surface area contributed by atoms with Crippen LogP contribution >= 0.6 is 0 Å². The highest BCUT2D eigenvalue weighted by molar-refractivity contribution is 5.61. The van der Waals surface area contributed by atoms with Gasteiger partial charge in [0.15, 0.2) is 11.6 Å². The van der Waals surface area contributed by atoms with E-state index in [1.807, 2.05) is 0 Å².